The van der Waals surface area contributed by atoms with Crippen molar-refractivity contribution in [2.24, 2.45) is 0 Å². The second kappa shape index (κ2) is 5.58. The van der Waals surface area contributed by atoms with Crippen molar-refractivity contribution in [2.45, 2.75) is 6.42 Å². The van der Waals surface area contributed by atoms with Gasteiger partial charge >= 0.3 is 0 Å². The van der Waals surface area contributed by atoms with Crippen LogP contribution in [0, 0.1) is 0 Å². The van der Waals surface area contributed by atoms with Gasteiger partial charge in [0.05, 0.1) is 0 Å². The van der Waals surface area contributed by atoms with E-state index in [0.29, 0.717) is 0 Å². The molecule has 2 nitrogen and oxygen atoms in total. The van der Waals surface area contributed by atoms with Gasteiger partial charge in [-0.3, -0.25) is 0 Å². The maximum atomic E-state index is 2.25. The summed E-state index contributed by atoms with van der Waals surface area (Å²) in [6.45, 7) is 0. The highest BCUT2D eigenvalue weighted by molar-refractivity contribution is 5.46. The highest BCUT2D eigenvalue weighted by atomic mass is 15.1. The lowest BCUT2D eigenvalue weighted by Gasteiger charge is -2.13. The Morgan fingerprint density at radius 1 is 1.06 bits per heavy atom. The van der Waals surface area contributed by atoms with Gasteiger partial charge in [-0.25, -0.2) is 0 Å². The van der Waals surface area contributed by atoms with Gasteiger partial charge in [0.2, 0.25) is 0 Å². The van der Waals surface area contributed by atoms with Crippen molar-refractivity contribution in [1.29, 1.82) is 0 Å². The zero-order valence-corrected chi connectivity index (χ0v) is 11.3. The van der Waals surface area contributed by atoms with Crippen LogP contribution >= 0.6 is 0 Å². The molecular weight excluding hydrogens is 220 g/mol. The van der Waals surface area contributed by atoms with Crippen molar-refractivity contribution < 1.29 is 0 Å². The summed E-state index contributed by atoms with van der Waals surface area (Å²) < 4.78 is 0. The molecule has 0 aliphatic carbocycles. The predicted molar refractivity (Wildman–Crippen MR) is 78.6 cm³/mol. The summed E-state index contributed by atoms with van der Waals surface area (Å²) in [6, 6.07) is 8.70. The minimum absolute atomic E-state index is 0.974. The molecule has 0 atom stereocenters. The van der Waals surface area contributed by atoms with E-state index < -0.39 is 0 Å². The molecule has 0 aromatic heterocycles. The number of allylic oxidation sites excluding steroid dienone is 4. The molecule has 2 heteroatoms. The van der Waals surface area contributed by atoms with Gasteiger partial charge in [-0.05, 0) is 41.8 Å². The van der Waals surface area contributed by atoms with Crippen molar-refractivity contribution >= 4 is 5.69 Å². The highest BCUT2D eigenvalue weighted by Gasteiger charge is 1.97. The van der Waals surface area contributed by atoms with Crippen LogP contribution in [0.5, 0.6) is 0 Å². The summed E-state index contributed by atoms with van der Waals surface area (Å²) in [7, 11) is 6.15. The first kappa shape index (κ1) is 12.5. The van der Waals surface area contributed by atoms with Gasteiger partial charge in [0, 0.05) is 39.2 Å². The van der Waals surface area contributed by atoms with Gasteiger partial charge in [0.15, 0.2) is 0 Å². The van der Waals surface area contributed by atoms with Gasteiger partial charge in [-0.15, -0.1) is 0 Å². The average Bonchev–Trinajstić information content (AvgIpc) is 2.38. The molecule has 2 rings (SSSR count). The molecular formula is C16H20N2. The van der Waals surface area contributed by atoms with Gasteiger partial charge in [-0.1, -0.05) is 18.2 Å². The van der Waals surface area contributed by atoms with Gasteiger partial charge in [-0.2, -0.15) is 0 Å². The highest BCUT2D eigenvalue weighted by Crippen LogP contribution is 2.14. The first-order chi connectivity index (χ1) is 8.65. The number of nitrogens with zero attached hydrogens (tertiary/aromatic N) is 2. The summed E-state index contributed by atoms with van der Waals surface area (Å²) in [5.41, 5.74) is 3.85. The average molecular weight is 240 g/mol. The molecule has 0 bridgehead atoms. The second-order valence-corrected chi connectivity index (χ2v) is 4.77. The Labute approximate surface area is 110 Å². The Morgan fingerprint density at radius 3 is 2.22 bits per heavy atom. The summed E-state index contributed by atoms with van der Waals surface area (Å²) in [4.78, 5) is 4.16. The van der Waals surface area contributed by atoms with Crippen LogP contribution in [0.25, 0.3) is 0 Å². The Hall–Kier alpha value is -1.96. The molecule has 0 saturated carbocycles. The van der Waals surface area contributed by atoms with Crippen molar-refractivity contribution in [2.75, 3.05) is 26.0 Å². The normalized spacial score (nSPS) is 13.9. The molecule has 1 aliphatic heterocycles. The van der Waals surface area contributed by atoms with Crippen LogP contribution in [-0.4, -0.2) is 26.0 Å². The Balaban J connectivity index is 2.00. The molecule has 1 aromatic carbocycles. The van der Waals surface area contributed by atoms with E-state index in [1.165, 1.54) is 16.8 Å². The lowest BCUT2D eigenvalue weighted by Crippen LogP contribution is -2.08. The fourth-order valence-electron chi connectivity index (χ4n) is 1.81. The van der Waals surface area contributed by atoms with E-state index in [1.807, 2.05) is 11.9 Å². The third-order valence-corrected chi connectivity index (χ3v) is 3.03. The number of benzene rings is 1. The van der Waals surface area contributed by atoms with Crippen LogP contribution in [0.3, 0.4) is 0 Å². The Bertz CT molecular complexity index is 462. The standard InChI is InChI=1S/C16H20N2/c1-17(2)16-8-6-14(7-9-16)4-5-15-10-12-18(3)13-11-15/h5-13H,4H2,1-3H3. The van der Waals surface area contributed by atoms with Crippen LogP contribution in [0.15, 0.2) is 60.5 Å². The molecule has 0 spiro atoms. The molecule has 0 radical (unpaired) electrons. The van der Waals surface area contributed by atoms with E-state index in [1.54, 1.807) is 0 Å². The minimum Gasteiger partial charge on any atom is -0.378 e. The molecule has 1 aliphatic rings. The van der Waals surface area contributed by atoms with Gasteiger partial charge < -0.3 is 9.80 Å². The molecule has 0 saturated heterocycles. The van der Waals surface area contributed by atoms with Gasteiger partial charge in [0.25, 0.3) is 0 Å². The van der Waals surface area contributed by atoms with Gasteiger partial charge in [0.1, 0.15) is 0 Å². The van der Waals surface area contributed by atoms with E-state index in [-0.39, 0.29) is 0 Å². The molecule has 0 unspecified atom stereocenters. The summed E-state index contributed by atoms with van der Waals surface area (Å²) in [6.07, 6.45) is 11.6. The van der Waals surface area contributed by atoms with Crippen LogP contribution in [-0.2, 0) is 6.42 Å². The van der Waals surface area contributed by atoms with E-state index in [2.05, 4.69) is 73.9 Å². The number of anilines is 1. The third-order valence-electron chi connectivity index (χ3n) is 3.03. The van der Waals surface area contributed by atoms with Crippen LogP contribution in [0.2, 0.25) is 0 Å². The number of rotatable bonds is 3. The maximum absolute atomic E-state index is 2.25. The lowest BCUT2D eigenvalue weighted by molar-refractivity contribution is 0.620. The second-order valence-electron chi connectivity index (χ2n) is 4.77. The zero-order valence-electron chi connectivity index (χ0n) is 11.3. The Kier molecular flexibility index (Phi) is 3.88. The molecule has 0 N–H and O–H groups in total. The molecule has 0 amide bonds. The summed E-state index contributed by atoms with van der Waals surface area (Å²) in [5.74, 6) is 0. The maximum Gasteiger partial charge on any atom is 0.0361 e. The lowest BCUT2D eigenvalue weighted by atomic mass is 10.1. The first-order valence-corrected chi connectivity index (χ1v) is 6.20. The molecule has 94 valence electrons. The summed E-state index contributed by atoms with van der Waals surface area (Å²) in [5, 5.41) is 0. The molecule has 18 heavy (non-hydrogen) atoms. The SMILES string of the molecule is CN1C=CC(=CCc2ccc(N(C)C)cc2)C=C1. The van der Waals surface area contributed by atoms with E-state index in [0.717, 1.165) is 6.42 Å². The van der Waals surface area contributed by atoms with E-state index in [4.69, 9.17) is 0 Å². The fourth-order valence-corrected chi connectivity index (χ4v) is 1.81. The van der Waals surface area contributed by atoms with Crippen molar-refractivity contribution in [1.82, 2.24) is 4.90 Å². The predicted octanol–water partition coefficient (Wildman–Crippen LogP) is 3.19. The zero-order chi connectivity index (χ0) is 13.0. The number of hydrogen-bond donors (Lipinski definition) is 0. The topological polar surface area (TPSA) is 6.48 Å². The van der Waals surface area contributed by atoms with Crippen molar-refractivity contribution in [3.63, 3.8) is 0 Å². The molecule has 1 heterocycles. The smallest absolute Gasteiger partial charge is 0.0361 e. The summed E-state index contributed by atoms with van der Waals surface area (Å²) >= 11 is 0. The number of hydrogen-bond acceptors (Lipinski definition) is 2. The van der Waals surface area contributed by atoms with E-state index in [9.17, 15) is 0 Å². The first-order valence-electron chi connectivity index (χ1n) is 6.20. The molecule has 0 fully saturated rings. The Morgan fingerprint density at radius 2 is 1.67 bits per heavy atom. The van der Waals surface area contributed by atoms with Crippen LogP contribution < -0.4 is 4.90 Å². The minimum atomic E-state index is 0.974. The fraction of sp³-hybridized carbons (Fsp3) is 0.250. The third kappa shape index (κ3) is 3.27. The van der Waals surface area contributed by atoms with Crippen molar-refractivity contribution in [3.05, 3.63) is 66.0 Å². The van der Waals surface area contributed by atoms with E-state index >= 15 is 0 Å². The van der Waals surface area contributed by atoms with Crippen LogP contribution in [0.1, 0.15) is 5.56 Å². The largest absolute Gasteiger partial charge is 0.378 e. The monoisotopic (exact) mass is 240 g/mol. The van der Waals surface area contributed by atoms with Crippen LogP contribution in [0.4, 0.5) is 5.69 Å². The molecule has 1 aromatic rings. The quantitative estimate of drug-likeness (QED) is 0.800. The van der Waals surface area contributed by atoms with Crippen molar-refractivity contribution in [3.8, 4) is 0 Å².